The van der Waals surface area contributed by atoms with Gasteiger partial charge in [-0.1, -0.05) is 52.3 Å². The van der Waals surface area contributed by atoms with Gasteiger partial charge in [-0.15, -0.1) is 0 Å². The van der Waals surface area contributed by atoms with E-state index in [-0.39, 0.29) is 18.1 Å². The zero-order valence-electron chi connectivity index (χ0n) is 19.5. The number of ether oxygens (including phenoxy) is 2. The van der Waals surface area contributed by atoms with E-state index in [1.54, 1.807) is 50.4 Å². The van der Waals surface area contributed by atoms with Gasteiger partial charge in [0.05, 0.1) is 4.90 Å². The van der Waals surface area contributed by atoms with Crippen LogP contribution in [-0.4, -0.2) is 40.2 Å². The van der Waals surface area contributed by atoms with Gasteiger partial charge in [-0.2, -0.15) is 0 Å². The van der Waals surface area contributed by atoms with E-state index in [4.69, 9.17) is 9.47 Å². The molecule has 0 saturated carbocycles. The summed E-state index contributed by atoms with van der Waals surface area (Å²) in [4.78, 5) is 27.7. The lowest BCUT2D eigenvalue weighted by Crippen LogP contribution is -2.52. The molecule has 1 atom stereocenters. The Morgan fingerprint density at radius 2 is 1.72 bits per heavy atom. The molecule has 11 heteroatoms. The van der Waals surface area contributed by atoms with Gasteiger partial charge in [-0.05, 0) is 42.3 Å². The summed E-state index contributed by atoms with van der Waals surface area (Å²) in [5.74, 6) is 0.626. The van der Waals surface area contributed by atoms with Gasteiger partial charge in [0.25, 0.3) is 10.0 Å². The molecule has 0 fully saturated rings. The Kier molecular flexibility index (Phi) is 7.51. The van der Waals surface area contributed by atoms with E-state index in [0.717, 1.165) is 10.0 Å². The van der Waals surface area contributed by atoms with Crippen molar-refractivity contribution in [3.8, 4) is 11.5 Å². The molecule has 1 aliphatic rings. The number of carbonyl (C=O) groups excluding carboxylic acids is 2. The molecule has 1 heterocycles. The van der Waals surface area contributed by atoms with Crippen LogP contribution in [0.5, 0.6) is 11.5 Å². The summed E-state index contributed by atoms with van der Waals surface area (Å²) in [7, 11) is -2.58. The first kappa shape index (κ1) is 25.5. The first-order chi connectivity index (χ1) is 17.2. The molecular formula is C25H24BrN3O6S. The standard InChI is InChI=1S/C25H24BrN3O6S/c1-16-7-3-6-10-23(16)36(32,33)28-25(31)27-20(13-17-8-4-5-9-19(17)26)24(30)29(2)18-11-12-21-22(14-18)35-15-34-21/h3-12,14,20H,13,15H2,1-2H3,(H2,27,28,31). The van der Waals surface area contributed by atoms with Crippen molar-refractivity contribution < 1.29 is 27.5 Å². The van der Waals surface area contributed by atoms with Crippen LogP contribution in [0, 0.1) is 6.92 Å². The normalized spacial score (nSPS) is 13.1. The molecule has 1 unspecified atom stereocenters. The summed E-state index contributed by atoms with van der Waals surface area (Å²) in [6, 6.07) is 16.6. The van der Waals surface area contributed by atoms with Crippen LogP contribution in [-0.2, 0) is 21.2 Å². The second kappa shape index (κ2) is 10.6. The number of sulfonamides is 1. The number of carbonyl (C=O) groups is 2. The molecule has 2 N–H and O–H groups in total. The Bertz CT molecular complexity index is 1410. The third kappa shape index (κ3) is 5.63. The monoisotopic (exact) mass is 573 g/mol. The van der Waals surface area contributed by atoms with Crippen LogP contribution >= 0.6 is 15.9 Å². The molecule has 0 aliphatic carbocycles. The topological polar surface area (TPSA) is 114 Å². The average Bonchev–Trinajstić information content (AvgIpc) is 3.32. The number of aryl methyl sites for hydroxylation is 1. The van der Waals surface area contributed by atoms with Gasteiger partial charge in [-0.25, -0.2) is 17.9 Å². The third-order valence-electron chi connectivity index (χ3n) is 5.67. The molecular weight excluding hydrogens is 550 g/mol. The molecule has 188 valence electrons. The summed E-state index contributed by atoms with van der Waals surface area (Å²) in [6.45, 7) is 1.73. The SMILES string of the molecule is Cc1ccccc1S(=O)(=O)NC(=O)NC(Cc1ccccc1Br)C(=O)N(C)c1ccc2c(c1)OCO2. The van der Waals surface area contributed by atoms with Gasteiger partial charge in [0, 0.05) is 29.7 Å². The Labute approximate surface area is 217 Å². The van der Waals surface area contributed by atoms with Crippen LogP contribution in [0.3, 0.4) is 0 Å². The van der Waals surface area contributed by atoms with Crippen LogP contribution < -0.4 is 24.4 Å². The minimum atomic E-state index is -4.15. The van der Waals surface area contributed by atoms with E-state index in [0.29, 0.717) is 22.7 Å². The van der Waals surface area contributed by atoms with Crippen molar-refractivity contribution in [2.24, 2.45) is 0 Å². The van der Waals surface area contributed by atoms with Crippen molar-refractivity contribution in [3.05, 3.63) is 82.3 Å². The second-order valence-electron chi connectivity index (χ2n) is 8.13. The highest BCUT2D eigenvalue weighted by Gasteiger charge is 2.29. The van der Waals surface area contributed by atoms with Gasteiger partial charge in [-0.3, -0.25) is 4.79 Å². The highest BCUT2D eigenvalue weighted by Crippen LogP contribution is 2.35. The predicted molar refractivity (Wildman–Crippen MR) is 138 cm³/mol. The minimum absolute atomic E-state index is 0.0219. The number of likely N-dealkylation sites (N-methyl/N-ethyl adjacent to an activating group) is 1. The maximum absolute atomic E-state index is 13.5. The van der Waals surface area contributed by atoms with Gasteiger partial charge < -0.3 is 19.7 Å². The summed E-state index contributed by atoms with van der Waals surface area (Å²) < 4.78 is 39.1. The fraction of sp³-hybridized carbons (Fsp3) is 0.200. The number of rotatable bonds is 7. The number of hydrogen-bond donors (Lipinski definition) is 2. The predicted octanol–water partition coefficient (Wildman–Crippen LogP) is 3.75. The Morgan fingerprint density at radius 1 is 1.03 bits per heavy atom. The lowest BCUT2D eigenvalue weighted by atomic mass is 10.0. The van der Waals surface area contributed by atoms with Crippen molar-refractivity contribution in [1.82, 2.24) is 10.0 Å². The summed E-state index contributed by atoms with van der Waals surface area (Å²) >= 11 is 3.46. The first-order valence-electron chi connectivity index (χ1n) is 11.0. The molecule has 3 aromatic carbocycles. The fourth-order valence-electron chi connectivity index (χ4n) is 3.76. The highest BCUT2D eigenvalue weighted by atomic mass is 79.9. The van der Waals surface area contributed by atoms with E-state index in [1.165, 1.54) is 11.0 Å². The van der Waals surface area contributed by atoms with Crippen molar-refractivity contribution >= 4 is 43.6 Å². The molecule has 3 aromatic rings. The Balaban J connectivity index is 1.57. The van der Waals surface area contributed by atoms with Gasteiger partial charge in [0.15, 0.2) is 11.5 Å². The number of nitrogens with one attached hydrogen (secondary N) is 2. The maximum atomic E-state index is 13.5. The van der Waals surface area contributed by atoms with Crippen LogP contribution in [0.15, 0.2) is 76.1 Å². The zero-order valence-corrected chi connectivity index (χ0v) is 21.9. The van der Waals surface area contributed by atoms with E-state index < -0.39 is 28.0 Å². The number of urea groups is 1. The number of halogens is 1. The fourth-order valence-corrected chi connectivity index (χ4v) is 5.37. The molecule has 0 aromatic heterocycles. The summed E-state index contributed by atoms with van der Waals surface area (Å²) in [5.41, 5.74) is 1.77. The Hall–Kier alpha value is -3.57. The number of fused-ring (bicyclic) bond motifs is 1. The van der Waals surface area contributed by atoms with Gasteiger partial charge >= 0.3 is 6.03 Å². The smallest absolute Gasteiger partial charge is 0.329 e. The molecule has 1 aliphatic heterocycles. The van der Waals surface area contributed by atoms with Crippen molar-refractivity contribution in [3.63, 3.8) is 0 Å². The van der Waals surface area contributed by atoms with Gasteiger partial charge in [0.2, 0.25) is 12.7 Å². The molecule has 3 amide bonds. The molecule has 9 nitrogen and oxygen atoms in total. The van der Waals surface area contributed by atoms with Crippen LogP contribution in [0.1, 0.15) is 11.1 Å². The lowest BCUT2D eigenvalue weighted by molar-refractivity contribution is -0.120. The molecule has 0 saturated heterocycles. The van der Waals surface area contributed by atoms with Crippen molar-refractivity contribution in [2.45, 2.75) is 24.3 Å². The van der Waals surface area contributed by atoms with Crippen LogP contribution in [0.4, 0.5) is 10.5 Å². The minimum Gasteiger partial charge on any atom is -0.454 e. The van der Waals surface area contributed by atoms with Gasteiger partial charge in [0.1, 0.15) is 6.04 Å². The highest BCUT2D eigenvalue weighted by molar-refractivity contribution is 9.10. The lowest BCUT2D eigenvalue weighted by Gasteiger charge is -2.25. The molecule has 0 radical (unpaired) electrons. The molecule has 4 rings (SSSR count). The average molecular weight is 574 g/mol. The third-order valence-corrected chi connectivity index (χ3v) is 7.93. The largest absolute Gasteiger partial charge is 0.454 e. The zero-order chi connectivity index (χ0) is 25.9. The molecule has 0 spiro atoms. The number of hydrogen-bond acceptors (Lipinski definition) is 6. The van der Waals surface area contributed by atoms with E-state index in [1.807, 2.05) is 29.0 Å². The number of benzene rings is 3. The number of anilines is 1. The quantitative estimate of drug-likeness (QED) is 0.445. The second-order valence-corrected chi connectivity index (χ2v) is 10.6. The summed E-state index contributed by atoms with van der Waals surface area (Å²) in [6.07, 6.45) is 0.118. The number of nitrogens with zero attached hydrogens (tertiary/aromatic N) is 1. The molecule has 0 bridgehead atoms. The molecule has 36 heavy (non-hydrogen) atoms. The first-order valence-corrected chi connectivity index (χ1v) is 13.2. The van der Waals surface area contributed by atoms with Crippen molar-refractivity contribution in [2.75, 3.05) is 18.7 Å². The van der Waals surface area contributed by atoms with E-state index in [9.17, 15) is 18.0 Å². The maximum Gasteiger partial charge on any atom is 0.329 e. The van der Waals surface area contributed by atoms with Crippen molar-refractivity contribution in [1.29, 1.82) is 0 Å². The Morgan fingerprint density at radius 3 is 2.47 bits per heavy atom. The summed E-state index contributed by atoms with van der Waals surface area (Å²) in [5, 5.41) is 2.54. The van der Waals surface area contributed by atoms with Crippen LogP contribution in [0.25, 0.3) is 0 Å². The van der Waals surface area contributed by atoms with Crippen LogP contribution in [0.2, 0.25) is 0 Å². The van der Waals surface area contributed by atoms with E-state index in [2.05, 4.69) is 21.2 Å². The number of amides is 3. The van der Waals surface area contributed by atoms with E-state index >= 15 is 0 Å².